The summed E-state index contributed by atoms with van der Waals surface area (Å²) in [4.78, 5) is 24.8. The van der Waals surface area contributed by atoms with E-state index in [-0.39, 0.29) is 30.2 Å². The number of nitrogens with one attached hydrogen (secondary N) is 1. The minimum absolute atomic E-state index is 0.00107. The summed E-state index contributed by atoms with van der Waals surface area (Å²) >= 11 is 0. The molecule has 7 heteroatoms. The van der Waals surface area contributed by atoms with Gasteiger partial charge in [-0.25, -0.2) is 9.59 Å². The molecule has 0 aromatic rings. The van der Waals surface area contributed by atoms with E-state index in [1.165, 1.54) is 4.90 Å². The molecule has 0 spiro atoms. The Bertz CT molecular complexity index is 412. The zero-order chi connectivity index (χ0) is 15.6. The Morgan fingerprint density at radius 1 is 1.48 bits per heavy atom. The molecular weight excluding hydrogens is 276 g/mol. The summed E-state index contributed by atoms with van der Waals surface area (Å²) in [7, 11) is 0. The Kier molecular flexibility index (Phi) is 4.73. The second-order valence-corrected chi connectivity index (χ2v) is 6.13. The molecule has 0 radical (unpaired) electrons. The fraction of sp³-hybridized carbons (Fsp3) is 0.857. The Balaban J connectivity index is 1.94. The van der Waals surface area contributed by atoms with Gasteiger partial charge in [0.05, 0.1) is 19.3 Å². The minimum Gasteiger partial charge on any atom is -0.480 e. The highest BCUT2D eigenvalue weighted by Crippen LogP contribution is 2.42. The van der Waals surface area contributed by atoms with Crippen LogP contribution in [0.25, 0.3) is 0 Å². The van der Waals surface area contributed by atoms with Crippen molar-refractivity contribution in [3.05, 3.63) is 0 Å². The number of carboxylic acids is 1. The third-order valence-electron chi connectivity index (χ3n) is 4.52. The van der Waals surface area contributed by atoms with Crippen molar-refractivity contribution in [1.29, 1.82) is 0 Å². The van der Waals surface area contributed by atoms with Crippen LogP contribution in [0.5, 0.6) is 0 Å². The zero-order valence-corrected chi connectivity index (χ0v) is 12.8. The molecule has 0 aromatic heterocycles. The minimum atomic E-state index is -1.04. The lowest BCUT2D eigenvalue weighted by atomic mass is 9.64. The standard InChI is InChI=1S/C14H24N2O5/c1-4-21-11-7-10(14(11,2)3)15-13(19)16-5-6-20-8-9(16)12(17)18/h9-11H,4-8H2,1-3H3,(H,15,19)(H,17,18). The van der Waals surface area contributed by atoms with Gasteiger partial charge >= 0.3 is 12.0 Å². The molecule has 2 aliphatic rings. The lowest BCUT2D eigenvalue weighted by Crippen LogP contribution is -2.65. The molecule has 0 aromatic carbocycles. The van der Waals surface area contributed by atoms with Gasteiger partial charge in [-0.2, -0.15) is 0 Å². The summed E-state index contributed by atoms with van der Waals surface area (Å²) in [6, 6.07) is -1.25. The summed E-state index contributed by atoms with van der Waals surface area (Å²) < 4.78 is 10.8. The van der Waals surface area contributed by atoms with E-state index in [9.17, 15) is 9.59 Å². The van der Waals surface area contributed by atoms with Crippen LogP contribution in [0.4, 0.5) is 4.79 Å². The van der Waals surface area contributed by atoms with Crippen LogP contribution in [0.15, 0.2) is 0 Å². The number of nitrogens with zero attached hydrogens (tertiary/aromatic N) is 1. The summed E-state index contributed by atoms with van der Waals surface area (Å²) in [6.45, 7) is 7.41. The number of morpholine rings is 1. The van der Waals surface area contributed by atoms with Gasteiger partial charge in [0.2, 0.25) is 0 Å². The molecule has 1 aliphatic heterocycles. The molecule has 1 aliphatic carbocycles. The molecule has 1 heterocycles. The van der Waals surface area contributed by atoms with Gasteiger partial charge in [0, 0.05) is 24.6 Å². The SMILES string of the molecule is CCOC1CC(NC(=O)N2CCOCC2C(=O)O)C1(C)C. The van der Waals surface area contributed by atoms with Gasteiger partial charge in [0.25, 0.3) is 0 Å². The Morgan fingerprint density at radius 2 is 2.19 bits per heavy atom. The molecule has 3 atom stereocenters. The first-order valence-electron chi connectivity index (χ1n) is 7.37. The summed E-state index contributed by atoms with van der Waals surface area (Å²) in [5.41, 5.74) is -0.142. The fourth-order valence-corrected chi connectivity index (χ4v) is 2.90. The monoisotopic (exact) mass is 300 g/mol. The van der Waals surface area contributed by atoms with Crippen LogP contribution in [0, 0.1) is 5.41 Å². The van der Waals surface area contributed by atoms with Crippen LogP contribution >= 0.6 is 0 Å². The second-order valence-electron chi connectivity index (χ2n) is 6.13. The van der Waals surface area contributed by atoms with E-state index in [2.05, 4.69) is 19.2 Å². The number of hydrogen-bond donors (Lipinski definition) is 2. The second kappa shape index (κ2) is 6.19. The Hall–Kier alpha value is -1.34. The van der Waals surface area contributed by atoms with E-state index in [1.54, 1.807) is 0 Å². The third-order valence-corrected chi connectivity index (χ3v) is 4.52. The van der Waals surface area contributed by atoms with Crippen molar-refractivity contribution in [1.82, 2.24) is 10.2 Å². The number of carboxylic acid groups (broad SMARTS) is 1. The van der Waals surface area contributed by atoms with Crippen LogP contribution in [-0.2, 0) is 14.3 Å². The lowest BCUT2D eigenvalue weighted by molar-refractivity contribution is -0.147. The molecule has 2 N–H and O–H groups in total. The van der Waals surface area contributed by atoms with Crippen LogP contribution in [0.2, 0.25) is 0 Å². The average Bonchev–Trinajstić information content (AvgIpc) is 2.46. The van der Waals surface area contributed by atoms with Crippen molar-refractivity contribution in [2.24, 2.45) is 5.41 Å². The van der Waals surface area contributed by atoms with Crippen LogP contribution in [-0.4, -0.2) is 66.6 Å². The van der Waals surface area contributed by atoms with E-state index in [4.69, 9.17) is 14.6 Å². The number of carbonyl (C=O) groups excluding carboxylic acids is 1. The first kappa shape index (κ1) is 16.0. The molecule has 1 saturated carbocycles. The van der Waals surface area contributed by atoms with Gasteiger partial charge in [-0.05, 0) is 13.3 Å². The maximum absolute atomic E-state index is 12.3. The molecule has 0 bridgehead atoms. The molecule has 7 nitrogen and oxygen atoms in total. The van der Waals surface area contributed by atoms with Crippen molar-refractivity contribution in [2.45, 2.75) is 45.4 Å². The van der Waals surface area contributed by atoms with E-state index in [1.807, 2.05) is 6.92 Å². The third kappa shape index (κ3) is 3.13. The van der Waals surface area contributed by atoms with Crippen molar-refractivity contribution in [2.75, 3.05) is 26.4 Å². The van der Waals surface area contributed by atoms with Gasteiger partial charge in [-0.15, -0.1) is 0 Å². The number of carbonyl (C=O) groups is 2. The smallest absolute Gasteiger partial charge is 0.328 e. The summed E-state index contributed by atoms with van der Waals surface area (Å²) in [5, 5.41) is 12.1. The van der Waals surface area contributed by atoms with Gasteiger partial charge < -0.3 is 24.8 Å². The van der Waals surface area contributed by atoms with E-state index < -0.39 is 12.0 Å². The van der Waals surface area contributed by atoms with Crippen LogP contribution in [0.3, 0.4) is 0 Å². The molecule has 21 heavy (non-hydrogen) atoms. The molecular formula is C14H24N2O5. The number of amides is 2. The largest absolute Gasteiger partial charge is 0.480 e. The predicted molar refractivity (Wildman–Crippen MR) is 75.1 cm³/mol. The highest BCUT2D eigenvalue weighted by atomic mass is 16.5. The molecule has 2 fully saturated rings. The molecule has 2 amide bonds. The lowest BCUT2D eigenvalue weighted by Gasteiger charge is -2.52. The topological polar surface area (TPSA) is 88.1 Å². The van der Waals surface area contributed by atoms with E-state index in [0.29, 0.717) is 19.8 Å². The predicted octanol–water partition coefficient (Wildman–Crippen LogP) is 0.685. The fourth-order valence-electron chi connectivity index (χ4n) is 2.90. The highest BCUT2D eigenvalue weighted by molar-refractivity contribution is 5.83. The van der Waals surface area contributed by atoms with Crippen molar-refractivity contribution < 1.29 is 24.2 Å². The Labute approximate surface area is 124 Å². The average molecular weight is 300 g/mol. The zero-order valence-electron chi connectivity index (χ0n) is 12.8. The number of aliphatic carboxylic acids is 1. The Morgan fingerprint density at radius 3 is 2.76 bits per heavy atom. The van der Waals surface area contributed by atoms with Crippen molar-refractivity contribution in [3.8, 4) is 0 Å². The van der Waals surface area contributed by atoms with E-state index in [0.717, 1.165) is 6.42 Å². The first-order chi connectivity index (χ1) is 9.87. The van der Waals surface area contributed by atoms with Gasteiger partial charge in [0.15, 0.2) is 6.04 Å². The van der Waals surface area contributed by atoms with Gasteiger partial charge in [-0.3, -0.25) is 0 Å². The number of ether oxygens (including phenoxy) is 2. The summed E-state index contributed by atoms with van der Waals surface area (Å²) in [5.74, 6) is -1.04. The maximum Gasteiger partial charge on any atom is 0.328 e. The molecule has 3 unspecified atom stereocenters. The van der Waals surface area contributed by atoms with Crippen molar-refractivity contribution >= 4 is 12.0 Å². The molecule has 2 rings (SSSR count). The maximum atomic E-state index is 12.3. The molecule has 120 valence electrons. The number of hydrogen-bond acceptors (Lipinski definition) is 4. The number of rotatable bonds is 4. The number of urea groups is 1. The first-order valence-corrected chi connectivity index (χ1v) is 7.37. The van der Waals surface area contributed by atoms with Crippen LogP contribution in [0.1, 0.15) is 27.2 Å². The quantitative estimate of drug-likeness (QED) is 0.797. The van der Waals surface area contributed by atoms with Crippen molar-refractivity contribution in [3.63, 3.8) is 0 Å². The normalized spacial score (nSPS) is 31.4. The van der Waals surface area contributed by atoms with Gasteiger partial charge in [-0.1, -0.05) is 13.8 Å². The van der Waals surface area contributed by atoms with Gasteiger partial charge in [0.1, 0.15) is 0 Å². The summed E-state index contributed by atoms with van der Waals surface area (Å²) in [6.07, 6.45) is 0.891. The van der Waals surface area contributed by atoms with Crippen LogP contribution < -0.4 is 5.32 Å². The van der Waals surface area contributed by atoms with E-state index >= 15 is 0 Å². The highest BCUT2D eigenvalue weighted by Gasteiger charge is 2.50. The molecule has 1 saturated heterocycles.